The third-order valence-electron chi connectivity index (χ3n) is 2.09. The van der Waals surface area contributed by atoms with Crippen molar-refractivity contribution in [3.8, 4) is 0 Å². The van der Waals surface area contributed by atoms with E-state index in [0.717, 1.165) is 16.7 Å². The molecule has 0 saturated heterocycles. The van der Waals surface area contributed by atoms with E-state index in [2.05, 4.69) is 0 Å². The predicted octanol–water partition coefficient (Wildman–Crippen LogP) is 1.41. The second-order valence-corrected chi connectivity index (χ2v) is 3.34. The Kier molecular flexibility index (Phi) is 3.20. The highest BCUT2D eigenvalue weighted by molar-refractivity contribution is 5.56. The lowest BCUT2D eigenvalue weighted by Crippen LogP contribution is -2.12. The number of rotatable bonds is 3. The van der Waals surface area contributed by atoms with E-state index in [1.807, 2.05) is 32.0 Å². The molecule has 0 bridgehead atoms. The summed E-state index contributed by atoms with van der Waals surface area (Å²) in [5, 5.41) is 9.16. The molecule has 0 fully saturated rings. The van der Waals surface area contributed by atoms with Gasteiger partial charge in [-0.25, -0.2) is 0 Å². The van der Waals surface area contributed by atoms with Crippen molar-refractivity contribution in [2.24, 2.45) is 0 Å². The number of carbonyl (C=O) groups is 1. The normalized spacial score (nSPS) is 12.5. The molecule has 13 heavy (non-hydrogen) atoms. The number of aryl methyl sites for hydroxylation is 2. The summed E-state index contributed by atoms with van der Waals surface area (Å²) in [6, 6.07) is 6.02. The highest BCUT2D eigenvalue weighted by Crippen LogP contribution is 2.12. The number of hydrogen-bond donors (Lipinski definition) is 1. The summed E-state index contributed by atoms with van der Waals surface area (Å²) < 4.78 is 0. The second kappa shape index (κ2) is 4.19. The van der Waals surface area contributed by atoms with Gasteiger partial charge < -0.3 is 9.90 Å². The summed E-state index contributed by atoms with van der Waals surface area (Å²) in [6.07, 6.45) is 0.110. The van der Waals surface area contributed by atoms with Gasteiger partial charge in [0, 0.05) is 6.42 Å². The summed E-state index contributed by atoms with van der Waals surface area (Å²) in [5.41, 5.74) is 3.31. The zero-order valence-electron chi connectivity index (χ0n) is 7.95. The summed E-state index contributed by atoms with van der Waals surface area (Å²) in [7, 11) is 0. The third-order valence-corrected chi connectivity index (χ3v) is 2.09. The van der Waals surface area contributed by atoms with Crippen molar-refractivity contribution in [3.63, 3.8) is 0 Å². The number of benzene rings is 1. The topological polar surface area (TPSA) is 37.3 Å². The van der Waals surface area contributed by atoms with Gasteiger partial charge in [-0.05, 0) is 25.0 Å². The largest absolute Gasteiger partial charge is 0.385 e. The van der Waals surface area contributed by atoms with Crippen molar-refractivity contribution in [1.82, 2.24) is 0 Å². The maximum Gasteiger partial charge on any atom is 0.148 e. The van der Waals surface area contributed by atoms with Gasteiger partial charge in [-0.15, -0.1) is 0 Å². The van der Waals surface area contributed by atoms with Crippen LogP contribution in [0, 0.1) is 13.8 Å². The van der Waals surface area contributed by atoms with Crippen molar-refractivity contribution in [1.29, 1.82) is 0 Å². The molecule has 70 valence electrons. The average Bonchev–Trinajstić information content (AvgIpc) is 2.11. The first-order valence-corrected chi connectivity index (χ1v) is 4.33. The van der Waals surface area contributed by atoms with Gasteiger partial charge in [-0.1, -0.05) is 23.8 Å². The third kappa shape index (κ3) is 2.67. The molecule has 2 nitrogen and oxygen atoms in total. The molecule has 1 aromatic rings. The number of aliphatic hydroxyl groups is 1. The van der Waals surface area contributed by atoms with Gasteiger partial charge in [-0.3, -0.25) is 0 Å². The van der Waals surface area contributed by atoms with E-state index in [0.29, 0.717) is 12.7 Å². The van der Waals surface area contributed by atoms with Gasteiger partial charge >= 0.3 is 0 Å². The van der Waals surface area contributed by atoms with Crippen LogP contribution in [0.1, 0.15) is 16.7 Å². The van der Waals surface area contributed by atoms with Crippen LogP contribution in [0.3, 0.4) is 0 Å². The summed E-state index contributed by atoms with van der Waals surface area (Å²) in [5.74, 6) is 0. The summed E-state index contributed by atoms with van der Waals surface area (Å²) >= 11 is 0. The molecular weight excluding hydrogens is 164 g/mol. The molecule has 0 aliphatic carbocycles. The Balaban J connectivity index is 2.86. The Morgan fingerprint density at radius 3 is 2.77 bits per heavy atom. The Bertz CT molecular complexity index is 305. The van der Waals surface area contributed by atoms with Gasteiger partial charge in [-0.2, -0.15) is 0 Å². The lowest BCUT2D eigenvalue weighted by molar-refractivity contribution is -0.114. The van der Waals surface area contributed by atoms with Crippen LogP contribution in [0.2, 0.25) is 0 Å². The molecule has 2 heteroatoms. The molecule has 0 aromatic heterocycles. The zero-order valence-corrected chi connectivity index (χ0v) is 7.95. The smallest absolute Gasteiger partial charge is 0.148 e. The van der Waals surface area contributed by atoms with Crippen molar-refractivity contribution < 1.29 is 9.90 Å². The molecule has 1 unspecified atom stereocenters. The first kappa shape index (κ1) is 9.93. The fourth-order valence-electron chi connectivity index (χ4n) is 1.29. The molecule has 1 atom stereocenters. The number of carbonyl (C=O) groups excluding carboxylic acids is 1. The maximum absolute atomic E-state index is 10.3. The molecular formula is C11H14O2. The zero-order chi connectivity index (χ0) is 9.84. The standard InChI is InChI=1S/C11H14O2/c1-8-3-4-9(2)10(5-8)6-11(13)7-12/h3-5,7,11,13H,6H2,1-2H3. The van der Waals surface area contributed by atoms with E-state index in [-0.39, 0.29) is 0 Å². The number of aldehydes is 1. The summed E-state index contributed by atoms with van der Waals surface area (Å²) in [6.45, 7) is 3.97. The molecule has 1 N–H and O–H groups in total. The van der Waals surface area contributed by atoms with Crippen LogP contribution in [-0.4, -0.2) is 17.5 Å². The minimum absolute atomic E-state index is 0.414. The monoisotopic (exact) mass is 178 g/mol. The van der Waals surface area contributed by atoms with Crippen LogP contribution in [0.5, 0.6) is 0 Å². The first-order valence-electron chi connectivity index (χ1n) is 4.33. The molecule has 0 amide bonds. The van der Waals surface area contributed by atoms with Crippen LogP contribution in [0.4, 0.5) is 0 Å². The minimum Gasteiger partial charge on any atom is -0.385 e. The quantitative estimate of drug-likeness (QED) is 0.710. The van der Waals surface area contributed by atoms with E-state index >= 15 is 0 Å². The molecule has 1 aromatic carbocycles. The SMILES string of the molecule is Cc1ccc(C)c(CC(O)C=O)c1. The molecule has 0 spiro atoms. The Morgan fingerprint density at radius 2 is 2.15 bits per heavy atom. The van der Waals surface area contributed by atoms with Crippen LogP contribution in [-0.2, 0) is 11.2 Å². The molecule has 0 heterocycles. The minimum atomic E-state index is -0.875. The Labute approximate surface area is 78.2 Å². The first-order chi connectivity index (χ1) is 6.13. The van der Waals surface area contributed by atoms with Crippen molar-refractivity contribution in [2.45, 2.75) is 26.4 Å². The Morgan fingerprint density at radius 1 is 1.46 bits per heavy atom. The van der Waals surface area contributed by atoms with Gasteiger partial charge in [0.15, 0.2) is 0 Å². The number of hydrogen-bond acceptors (Lipinski definition) is 2. The van der Waals surface area contributed by atoms with Crippen LogP contribution in [0.25, 0.3) is 0 Å². The molecule has 0 radical (unpaired) electrons. The van der Waals surface area contributed by atoms with Crippen LogP contribution < -0.4 is 0 Å². The van der Waals surface area contributed by atoms with Crippen molar-refractivity contribution in [3.05, 3.63) is 34.9 Å². The highest BCUT2D eigenvalue weighted by atomic mass is 16.3. The average molecular weight is 178 g/mol. The van der Waals surface area contributed by atoms with E-state index < -0.39 is 6.10 Å². The fraction of sp³-hybridized carbons (Fsp3) is 0.364. The highest BCUT2D eigenvalue weighted by Gasteiger charge is 2.05. The number of aliphatic hydroxyl groups excluding tert-OH is 1. The van der Waals surface area contributed by atoms with Gasteiger partial charge in [0.2, 0.25) is 0 Å². The van der Waals surface area contributed by atoms with Gasteiger partial charge in [0.1, 0.15) is 12.4 Å². The van der Waals surface area contributed by atoms with Gasteiger partial charge in [0.05, 0.1) is 0 Å². The lowest BCUT2D eigenvalue weighted by Gasteiger charge is -2.07. The van der Waals surface area contributed by atoms with E-state index in [4.69, 9.17) is 5.11 Å². The molecule has 0 saturated carbocycles. The van der Waals surface area contributed by atoms with Crippen LogP contribution in [0.15, 0.2) is 18.2 Å². The fourth-order valence-corrected chi connectivity index (χ4v) is 1.29. The summed E-state index contributed by atoms with van der Waals surface area (Å²) in [4.78, 5) is 10.3. The second-order valence-electron chi connectivity index (χ2n) is 3.34. The van der Waals surface area contributed by atoms with E-state index in [9.17, 15) is 4.79 Å². The Hall–Kier alpha value is -1.15. The van der Waals surface area contributed by atoms with Crippen molar-refractivity contribution >= 4 is 6.29 Å². The lowest BCUT2D eigenvalue weighted by atomic mass is 10.0. The maximum atomic E-state index is 10.3. The molecule has 0 aliphatic heterocycles. The molecule has 1 rings (SSSR count). The van der Waals surface area contributed by atoms with Gasteiger partial charge in [0.25, 0.3) is 0 Å². The van der Waals surface area contributed by atoms with Crippen LogP contribution >= 0.6 is 0 Å². The molecule has 0 aliphatic rings. The predicted molar refractivity (Wildman–Crippen MR) is 51.7 cm³/mol. The van der Waals surface area contributed by atoms with E-state index in [1.54, 1.807) is 0 Å². The van der Waals surface area contributed by atoms with E-state index in [1.165, 1.54) is 0 Å². The van der Waals surface area contributed by atoms with Crippen molar-refractivity contribution in [2.75, 3.05) is 0 Å².